The summed E-state index contributed by atoms with van der Waals surface area (Å²) in [5.74, 6) is -0.408. The zero-order valence-electron chi connectivity index (χ0n) is 11.5. The van der Waals surface area contributed by atoms with Gasteiger partial charge in [0.05, 0.1) is 5.69 Å². The maximum Gasteiger partial charge on any atom is 0.151 e. The minimum Gasteiger partial charge on any atom is -0.385 e. The molecular formula is C17H14ClFN2. The Morgan fingerprint density at radius 2 is 1.90 bits per heavy atom. The maximum absolute atomic E-state index is 14.2. The summed E-state index contributed by atoms with van der Waals surface area (Å²) in [7, 11) is 0. The Balaban J connectivity index is 2.29. The minimum atomic E-state index is -0.408. The van der Waals surface area contributed by atoms with Crippen molar-refractivity contribution < 1.29 is 4.39 Å². The average Bonchev–Trinajstić information content (AvgIpc) is 2.49. The van der Waals surface area contributed by atoms with E-state index in [0.717, 1.165) is 23.5 Å². The number of nitrogens with zero attached hydrogens (tertiary/aromatic N) is 1. The molecule has 1 aromatic heterocycles. The molecule has 0 fully saturated rings. The maximum atomic E-state index is 14.2. The fourth-order valence-corrected chi connectivity index (χ4v) is 2.55. The second-order valence-corrected chi connectivity index (χ2v) is 5.17. The summed E-state index contributed by atoms with van der Waals surface area (Å²) >= 11 is 5.96. The molecule has 3 aromatic rings. The topological polar surface area (TPSA) is 24.9 Å². The van der Waals surface area contributed by atoms with E-state index in [4.69, 9.17) is 11.6 Å². The monoisotopic (exact) mass is 300 g/mol. The van der Waals surface area contributed by atoms with Crippen molar-refractivity contribution in [3.8, 4) is 11.3 Å². The first-order chi connectivity index (χ1) is 10.2. The molecule has 0 amide bonds. The highest BCUT2D eigenvalue weighted by Crippen LogP contribution is 2.31. The Morgan fingerprint density at radius 3 is 2.62 bits per heavy atom. The van der Waals surface area contributed by atoms with Crippen LogP contribution in [0.25, 0.3) is 22.2 Å². The van der Waals surface area contributed by atoms with Gasteiger partial charge in [0.1, 0.15) is 5.52 Å². The van der Waals surface area contributed by atoms with E-state index in [0.29, 0.717) is 15.9 Å². The summed E-state index contributed by atoms with van der Waals surface area (Å²) in [5, 5.41) is 4.31. The summed E-state index contributed by atoms with van der Waals surface area (Å²) in [6.07, 6.45) is 0. The van der Waals surface area contributed by atoms with Crippen LogP contribution in [0.3, 0.4) is 0 Å². The third kappa shape index (κ3) is 2.69. The number of pyridine rings is 1. The molecule has 0 aliphatic heterocycles. The second-order valence-electron chi connectivity index (χ2n) is 4.74. The molecule has 0 spiro atoms. The van der Waals surface area contributed by atoms with Gasteiger partial charge in [-0.05, 0) is 25.1 Å². The summed E-state index contributed by atoms with van der Waals surface area (Å²) in [6.45, 7) is 2.73. The summed E-state index contributed by atoms with van der Waals surface area (Å²) in [6, 6.07) is 14.7. The Hall–Kier alpha value is -2.13. The average molecular weight is 301 g/mol. The van der Waals surface area contributed by atoms with Crippen LogP contribution in [0, 0.1) is 5.82 Å². The van der Waals surface area contributed by atoms with Crippen LogP contribution in [0.15, 0.2) is 48.5 Å². The van der Waals surface area contributed by atoms with Crippen molar-refractivity contribution in [3.05, 3.63) is 59.4 Å². The van der Waals surface area contributed by atoms with Gasteiger partial charge in [-0.3, -0.25) is 0 Å². The van der Waals surface area contributed by atoms with E-state index in [1.807, 2.05) is 43.3 Å². The number of fused-ring (bicyclic) bond motifs is 1. The summed E-state index contributed by atoms with van der Waals surface area (Å²) < 4.78 is 14.2. The summed E-state index contributed by atoms with van der Waals surface area (Å²) in [4.78, 5) is 4.46. The minimum absolute atomic E-state index is 0.330. The zero-order valence-corrected chi connectivity index (χ0v) is 12.3. The molecular weight excluding hydrogens is 287 g/mol. The van der Waals surface area contributed by atoms with Crippen LogP contribution in [0.2, 0.25) is 5.02 Å². The van der Waals surface area contributed by atoms with Crippen molar-refractivity contribution in [2.45, 2.75) is 6.92 Å². The molecule has 0 bridgehead atoms. The van der Waals surface area contributed by atoms with Crippen LogP contribution >= 0.6 is 11.6 Å². The van der Waals surface area contributed by atoms with Gasteiger partial charge in [0.25, 0.3) is 0 Å². The fraction of sp³-hybridized carbons (Fsp3) is 0.118. The number of anilines is 1. The number of aromatic nitrogens is 1. The SMILES string of the molecule is CCNc1cc(-c2ccccc2)nc2c(F)cc(Cl)cc12. The van der Waals surface area contributed by atoms with Crippen LogP contribution in [0.5, 0.6) is 0 Å². The third-order valence-electron chi connectivity index (χ3n) is 3.27. The van der Waals surface area contributed by atoms with E-state index >= 15 is 0 Å². The van der Waals surface area contributed by atoms with Crippen molar-refractivity contribution in [2.24, 2.45) is 0 Å². The molecule has 2 nitrogen and oxygen atoms in total. The predicted octanol–water partition coefficient (Wildman–Crippen LogP) is 5.13. The molecule has 2 aromatic carbocycles. The van der Waals surface area contributed by atoms with Gasteiger partial charge >= 0.3 is 0 Å². The molecule has 0 aliphatic rings. The van der Waals surface area contributed by atoms with E-state index in [1.54, 1.807) is 6.07 Å². The lowest BCUT2D eigenvalue weighted by molar-refractivity contribution is 0.637. The summed E-state index contributed by atoms with van der Waals surface area (Å²) in [5.41, 5.74) is 2.85. The zero-order chi connectivity index (χ0) is 14.8. The smallest absolute Gasteiger partial charge is 0.151 e. The number of nitrogens with one attached hydrogen (secondary N) is 1. The molecule has 0 saturated heterocycles. The van der Waals surface area contributed by atoms with Gasteiger partial charge in [0, 0.05) is 28.2 Å². The molecule has 0 saturated carbocycles. The van der Waals surface area contributed by atoms with Gasteiger partial charge < -0.3 is 5.32 Å². The van der Waals surface area contributed by atoms with Crippen LogP contribution in [-0.4, -0.2) is 11.5 Å². The first-order valence-corrected chi connectivity index (χ1v) is 7.16. The Morgan fingerprint density at radius 1 is 1.14 bits per heavy atom. The van der Waals surface area contributed by atoms with E-state index < -0.39 is 5.82 Å². The van der Waals surface area contributed by atoms with E-state index in [1.165, 1.54) is 6.07 Å². The van der Waals surface area contributed by atoms with E-state index in [2.05, 4.69) is 10.3 Å². The van der Waals surface area contributed by atoms with Gasteiger partial charge in [-0.25, -0.2) is 9.37 Å². The van der Waals surface area contributed by atoms with Crippen molar-refractivity contribution in [1.29, 1.82) is 0 Å². The molecule has 106 valence electrons. The highest BCUT2D eigenvalue weighted by molar-refractivity contribution is 6.31. The largest absolute Gasteiger partial charge is 0.385 e. The van der Waals surface area contributed by atoms with Crippen LogP contribution in [-0.2, 0) is 0 Å². The standard InChI is InChI=1S/C17H14ClFN2/c1-2-20-16-10-15(11-6-4-3-5-7-11)21-17-13(16)8-12(18)9-14(17)19/h3-10H,2H2,1H3,(H,20,21). The molecule has 4 heteroatoms. The molecule has 0 atom stereocenters. The van der Waals surface area contributed by atoms with E-state index in [9.17, 15) is 4.39 Å². The number of rotatable bonds is 3. The molecule has 3 rings (SSSR count). The Labute approximate surface area is 127 Å². The van der Waals surface area contributed by atoms with Gasteiger partial charge in [-0.1, -0.05) is 41.9 Å². The first kappa shape index (κ1) is 13.8. The molecule has 21 heavy (non-hydrogen) atoms. The molecule has 0 aliphatic carbocycles. The second kappa shape index (κ2) is 5.70. The molecule has 0 radical (unpaired) electrons. The normalized spacial score (nSPS) is 10.8. The van der Waals surface area contributed by atoms with Crippen molar-refractivity contribution in [1.82, 2.24) is 4.98 Å². The van der Waals surface area contributed by atoms with Gasteiger partial charge in [-0.2, -0.15) is 0 Å². The lowest BCUT2D eigenvalue weighted by atomic mass is 10.1. The lowest BCUT2D eigenvalue weighted by Gasteiger charge is -2.12. The number of benzene rings is 2. The van der Waals surface area contributed by atoms with Crippen LogP contribution in [0.1, 0.15) is 6.92 Å². The van der Waals surface area contributed by atoms with Gasteiger partial charge in [0.15, 0.2) is 5.82 Å². The van der Waals surface area contributed by atoms with Gasteiger partial charge in [-0.15, -0.1) is 0 Å². The van der Waals surface area contributed by atoms with Crippen molar-refractivity contribution in [2.75, 3.05) is 11.9 Å². The number of halogens is 2. The quantitative estimate of drug-likeness (QED) is 0.725. The van der Waals surface area contributed by atoms with Crippen LogP contribution < -0.4 is 5.32 Å². The number of hydrogen-bond donors (Lipinski definition) is 1. The first-order valence-electron chi connectivity index (χ1n) is 6.78. The molecule has 1 N–H and O–H groups in total. The predicted molar refractivity (Wildman–Crippen MR) is 86.3 cm³/mol. The lowest BCUT2D eigenvalue weighted by Crippen LogP contribution is -2.00. The highest BCUT2D eigenvalue weighted by atomic mass is 35.5. The Bertz CT molecular complexity index is 788. The fourth-order valence-electron chi connectivity index (χ4n) is 2.35. The Kier molecular flexibility index (Phi) is 3.76. The van der Waals surface area contributed by atoms with Gasteiger partial charge in [0.2, 0.25) is 0 Å². The van der Waals surface area contributed by atoms with Crippen LogP contribution in [0.4, 0.5) is 10.1 Å². The highest BCUT2D eigenvalue weighted by Gasteiger charge is 2.11. The van der Waals surface area contributed by atoms with Crippen molar-refractivity contribution >= 4 is 28.2 Å². The molecule has 1 heterocycles. The van der Waals surface area contributed by atoms with E-state index in [-0.39, 0.29) is 0 Å². The third-order valence-corrected chi connectivity index (χ3v) is 3.49. The number of hydrogen-bond acceptors (Lipinski definition) is 2. The van der Waals surface area contributed by atoms with Crippen molar-refractivity contribution in [3.63, 3.8) is 0 Å². The molecule has 0 unspecified atom stereocenters.